The molecule has 0 spiro atoms. The number of ether oxygens (including phenoxy) is 1. The molecule has 2 heterocycles. The lowest BCUT2D eigenvalue weighted by Gasteiger charge is -2.11. The van der Waals surface area contributed by atoms with Crippen LogP contribution in [0.3, 0.4) is 0 Å². The van der Waals surface area contributed by atoms with Gasteiger partial charge in [-0.1, -0.05) is 0 Å². The summed E-state index contributed by atoms with van der Waals surface area (Å²) in [4.78, 5) is 14.6. The summed E-state index contributed by atoms with van der Waals surface area (Å²) < 4.78 is 5.52. The zero-order chi connectivity index (χ0) is 13.7. The Morgan fingerprint density at radius 1 is 1.53 bits per heavy atom. The molecular weight excluding hydrogens is 248 g/mol. The van der Waals surface area contributed by atoms with Crippen LogP contribution in [0.1, 0.15) is 19.3 Å². The summed E-state index contributed by atoms with van der Waals surface area (Å²) in [7, 11) is 1.68. The topological polar surface area (TPSA) is 89.3 Å². The van der Waals surface area contributed by atoms with E-state index >= 15 is 0 Å². The van der Waals surface area contributed by atoms with Crippen molar-refractivity contribution in [2.24, 2.45) is 0 Å². The van der Waals surface area contributed by atoms with E-state index in [2.05, 4.69) is 15.6 Å². The molecule has 7 nitrogen and oxygen atoms in total. The molecule has 1 aliphatic rings. The number of rotatable bonds is 6. The number of anilines is 2. The summed E-state index contributed by atoms with van der Waals surface area (Å²) in [5.74, 6) is 0.991. The van der Waals surface area contributed by atoms with Crippen molar-refractivity contribution in [2.45, 2.75) is 25.4 Å². The maximum absolute atomic E-state index is 10.8. The highest BCUT2D eigenvalue weighted by Crippen LogP contribution is 2.21. The fourth-order valence-corrected chi connectivity index (χ4v) is 2.07. The van der Waals surface area contributed by atoms with E-state index in [4.69, 9.17) is 4.74 Å². The Morgan fingerprint density at radius 3 is 2.95 bits per heavy atom. The van der Waals surface area contributed by atoms with Gasteiger partial charge < -0.3 is 15.4 Å². The van der Waals surface area contributed by atoms with E-state index in [1.165, 1.54) is 12.1 Å². The molecule has 1 saturated heterocycles. The predicted octanol–water partition coefficient (Wildman–Crippen LogP) is 2.01. The van der Waals surface area contributed by atoms with Gasteiger partial charge in [0.2, 0.25) is 0 Å². The van der Waals surface area contributed by atoms with Crippen molar-refractivity contribution in [1.29, 1.82) is 0 Å². The highest BCUT2D eigenvalue weighted by molar-refractivity contribution is 5.54. The number of nitrogens with one attached hydrogen (secondary N) is 2. The molecule has 7 heteroatoms. The Labute approximate surface area is 111 Å². The van der Waals surface area contributed by atoms with Crippen LogP contribution >= 0.6 is 0 Å². The van der Waals surface area contributed by atoms with E-state index in [9.17, 15) is 10.1 Å². The minimum Gasteiger partial charge on any atom is -0.378 e. The normalized spacial score (nSPS) is 18.3. The second kappa shape index (κ2) is 6.33. The molecule has 0 bridgehead atoms. The lowest BCUT2D eigenvalue weighted by molar-refractivity contribution is -0.384. The molecule has 0 radical (unpaired) electrons. The number of hydrogen-bond acceptors (Lipinski definition) is 6. The number of aromatic nitrogens is 1. The largest absolute Gasteiger partial charge is 0.378 e. The van der Waals surface area contributed by atoms with Gasteiger partial charge in [-0.15, -0.1) is 0 Å². The first-order valence-corrected chi connectivity index (χ1v) is 6.39. The first-order valence-electron chi connectivity index (χ1n) is 6.39. The third-order valence-corrected chi connectivity index (χ3v) is 3.07. The van der Waals surface area contributed by atoms with Crippen LogP contribution in [0, 0.1) is 10.1 Å². The summed E-state index contributed by atoms with van der Waals surface area (Å²) in [6.45, 7) is 1.53. The monoisotopic (exact) mass is 266 g/mol. The van der Waals surface area contributed by atoms with Crippen LogP contribution < -0.4 is 10.6 Å². The van der Waals surface area contributed by atoms with Crippen molar-refractivity contribution < 1.29 is 9.66 Å². The van der Waals surface area contributed by atoms with Crippen molar-refractivity contribution >= 4 is 17.3 Å². The van der Waals surface area contributed by atoms with Gasteiger partial charge >= 0.3 is 0 Å². The molecule has 1 unspecified atom stereocenters. The Hall–Kier alpha value is -1.89. The molecule has 2 N–H and O–H groups in total. The summed E-state index contributed by atoms with van der Waals surface area (Å²) >= 11 is 0. The van der Waals surface area contributed by atoms with Gasteiger partial charge in [0.15, 0.2) is 0 Å². The third-order valence-electron chi connectivity index (χ3n) is 3.07. The van der Waals surface area contributed by atoms with Crippen LogP contribution in [0.25, 0.3) is 0 Å². The highest BCUT2D eigenvalue weighted by Gasteiger charge is 2.15. The summed E-state index contributed by atoms with van der Waals surface area (Å²) in [6.07, 6.45) is 3.39. The molecule has 1 aromatic heterocycles. The van der Waals surface area contributed by atoms with Gasteiger partial charge in [-0.05, 0) is 19.3 Å². The van der Waals surface area contributed by atoms with E-state index in [-0.39, 0.29) is 5.69 Å². The molecular formula is C12H18N4O3. The lowest BCUT2D eigenvalue weighted by atomic mass is 10.2. The van der Waals surface area contributed by atoms with Crippen LogP contribution in [0.5, 0.6) is 0 Å². The fraction of sp³-hybridized carbons (Fsp3) is 0.583. The van der Waals surface area contributed by atoms with Crippen molar-refractivity contribution in [1.82, 2.24) is 4.98 Å². The number of hydrogen-bond donors (Lipinski definition) is 2. The van der Waals surface area contributed by atoms with E-state index in [0.29, 0.717) is 24.3 Å². The molecule has 1 atom stereocenters. The number of nitrogens with zero attached hydrogens (tertiary/aromatic N) is 2. The smallest absolute Gasteiger partial charge is 0.276 e. The maximum atomic E-state index is 10.8. The second-order valence-corrected chi connectivity index (χ2v) is 4.45. The van der Waals surface area contributed by atoms with E-state index in [1.54, 1.807) is 7.05 Å². The predicted molar refractivity (Wildman–Crippen MR) is 72.5 cm³/mol. The Bertz CT molecular complexity index is 447. The number of nitro groups is 1. The second-order valence-electron chi connectivity index (χ2n) is 4.45. The van der Waals surface area contributed by atoms with Crippen molar-refractivity contribution in [3.63, 3.8) is 0 Å². The molecule has 0 saturated carbocycles. The molecule has 104 valence electrons. The van der Waals surface area contributed by atoms with E-state index < -0.39 is 4.92 Å². The van der Waals surface area contributed by atoms with Crippen molar-refractivity contribution in [3.05, 3.63) is 22.2 Å². The number of pyridine rings is 1. The first-order chi connectivity index (χ1) is 9.19. The molecule has 0 amide bonds. The average molecular weight is 266 g/mol. The standard InChI is InChI=1S/C12H18N4O3/c1-13-11-7-9(16(17)18)8-12(15-11)14-5-4-10-3-2-6-19-10/h7-8,10H,2-6H2,1H3,(H2,13,14,15). The van der Waals surface area contributed by atoms with Crippen molar-refractivity contribution in [2.75, 3.05) is 30.8 Å². The molecule has 1 aliphatic heterocycles. The van der Waals surface area contributed by atoms with Crippen LogP contribution in [-0.4, -0.2) is 36.2 Å². The highest BCUT2D eigenvalue weighted by atomic mass is 16.6. The summed E-state index contributed by atoms with van der Waals surface area (Å²) in [5, 5.41) is 16.7. The summed E-state index contributed by atoms with van der Waals surface area (Å²) in [5.41, 5.74) is 0.0268. The average Bonchev–Trinajstić information content (AvgIpc) is 2.91. The minimum atomic E-state index is -0.423. The van der Waals surface area contributed by atoms with E-state index in [1.807, 2.05) is 0 Å². The summed E-state index contributed by atoms with van der Waals surface area (Å²) in [6, 6.07) is 2.85. The molecule has 19 heavy (non-hydrogen) atoms. The van der Waals surface area contributed by atoms with Crippen molar-refractivity contribution in [3.8, 4) is 0 Å². The lowest BCUT2D eigenvalue weighted by Crippen LogP contribution is -2.13. The van der Waals surface area contributed by atoms with Gasteiger partial charge in [0.25, 0.3) is 5.69 Å². The molecule has 0 aliphatic carbocycles. The van der Waals surface area contributed by atoms with Gasteiger partial charge in [0, 0.05) is 20.2 Å². The van der Waals surface area contributed by atoms with Gasteiger partial charge in [0.05, 0.1) is 23.2 Å². The Kier molecular flexibility index (Phi) is 4.51. The quantitative estimate of drug-likeness (QED) is 0.604. The van der Waals surface area contributed by atoms with Gasteiger partial charge in [0.1, 0.15) is 11.6 Å². The zero-order valence-electron chi connectivity index (χ0n) is 10.9. The van der Waals surface area contributed by atoms with Crippen LogP contribution in [0.2, 0.25) is 0 Å². The van der Waals surface area contributed by atoms with Gasteiger partial charge in [-0.3, -0.25) is 10.1 Å². The molecule has 1 aromatic rings. The van der Waals surface area contributed by atoms with Crippen LogP contribution in [0.4, 0.5) is 17.3 Å². The van der Waals surface area contributed by atoms with Crippen LogP contribution in [0.15, 0.2) is 12.1 Å². The zero-order valence-corrected chi connectivity index (χ0v) is 10.9. The molecule has 1 fully saturated rings. The third kappa shape index (κ3) is 3.78. The van der Waals surface area contributed by atoms with Crippen LogP contribution in [-0.2, 0) is 4.74 Å². The Balaban J connectivity index is 1.94. The Morgan fingerprint density at radius 2 is 2.32 bits per heavy atom. The molecule has 2 rings (SSSR count). The van der Waals surface area contributed by atoms with Gasteiger partial charge in [-0.25, -0.2) is 4.98 Å². The SMILES string of the molecule is CNc1cc([N+](=O)[O-])cc(NCCC2CCCO2)n1. The molecule has 0 aromatic carbocycles. The first kappa shape index (κ1) is 13.5. The maximum Gasteiger partial charge on any atom is 0.276 e. The van der Waals surface area contributed by atoms with E-state index in [0.717, 1.165) is 25.9 Å². The minimum absolute atomic E-state index is 0.0268. The van der Waals surface area contributed by atoms with Gasteiger partial charge in [-0.2, -0.15) is 0 Å². The fourth-order valence-electron chi connectivity index (χ4n) is 2.07.